The summed E-state index contributed by atoms with van der Waals surface area (Å²) in [5.74, 6) is 1.42. The van der Waals surface area contributed by atoms with Gasteiger partial charge in [0.05, 0.1) is 12.3 Å². The van der Waals surface area contributed by atoms with E-state index in [0.29, 0.717) is 17.5 Å². The van der Waals surface area contributed by atoms with Crippen LogP contribution in [0.5, 0.6) is 0 Å². The topological polar surface area (TPSA) is 78.1 Å². The molecule has 0 spiro atoms. The molecule has 2 N–H and O–H groups in total. The van der Waals surface area contributed by atoms with E-state index in [2.05, 4.69) is 10.1 Å². The number of nitrogens with two attached hydrogens (primary N) is 1. The van der Waals surface area contributed by atoms with Gasteiger partial charge in [-0.05, 0) is 19.1 Å². The van der Waals surface area contributed by atoms with Crippen molar-refractivity contribution in [3.05, 3.63) is 24.3 Å². The molecule has 2 rings (SSSR count). The smallest absolute Gasteiger partial charge is 0.243 e. The van der Waals surface area contributed by atoms with Crippen LogP contribution in [0.15, 0.2) is 27.3 Å². The van der Waals surface area contributed by atoms with Gasteiger partial charge in [0.1, 0.15) is 0 Å². The summed E-state index contributed by atoms with van der Waals surface area (Å²) in [5.41, 5.74) is 5.55. The van der Waals surface area contributed by atoms with Crippen molar-refractivity contribution in [3.63, 3.8) is 0 Å². The molecule has 0 radical (unpaired) electrons. The highest BCUT2D eigenvalue weighted by Gasteiger charge is 2.12. The molecule has 0 unspecified atom stereocenters. The first kappa shape index (κ1) is 8.00. The predicted molar refractivity (Wildman–Crippen MR) is 44.6 cm³/mol. The molecule has 0 aromatic carbocycles. The number of hydrogen-bond donors (Lipinski definition) is 1. The third-order valence-electron chi connectivity index (χ3n) is 1.57. The molecule has 13 heavy (non-hydrogen) atoms. The summed E-state index contributed by atoms with van der Waals surface area (Å²) < 4.78 is 9.99. The highest BCUT2D eigenvalue weighted by molar-refractivity contribution is 5.44. The molecule has 0 aliphatic carbocycles. The average molecular weight is 179 g/mol. The van der Waals surface area contributed by atoms with Gasteiger partial charge in [-0.25, -0.2) is 0 Å². The average Bonchev–Trinajstić information content (AvgIpc) is 2.75. The molecule has 68 valence electrons. The van der Waals surface area contributed by atoms with Crippen molar-refractivity contribution in [3.8, 4) is 11.6 Å². The Morgan fingerprint density at radius 2 is 2.38 bits per heavy atom. The van der Waals surface area contributed by atoms with Crippen molar-refractivity contribution in [2.24, 2.45) is 5.73 Å². The Hall–Kier alpha value is -1.62. The number of furan rings is 1. The van der Waals surface area contributed by atoms with Crippen LogP contribution in [-0.2, 0) is 0 Å². The van der Waals surface area contributed by atoms with E-state index in [1.54, 1.807) is 25.3 Å². The quantitative estimate of drug-likeness (QED) is 0.752. The van der Waals surface area contributed by atoms with E-state index in [0.717, 1.165) is 0 Å². The lowest BCUT2D eigenvalue weighted by molar-refractivity contribution is 0.361. The number of nitrogens with zero attached hydrogens (tertiary/aromatic N) is 2. The van der Waals surface area contributed by atoms with Gasteiger partial charge in [0.2, 0.25) is 11.7 Å². The van der Waals surface area contributed by atoms with Crippen LogP contribution < -0.4 is 5.73 Å². The number of aromatic nitrogens is 2. The number of hydrogen-bond acceptors (Lipinski definition) is 5. The van der Waals surface area contributed by atoms with Crippen LogP contribution >= 0.6 is 0 Å². The van der Waals surface area contributed by atoms with Gasteiger partial charge in [-0.2, -0.15) is 4.98 Å². The molecule has 0 saturated carbocycles. The lowest BCUT2D eigenvalue weighted by Crippen LogP contribution is -2.04. The lowest BCUT2D eigenvalue weighted by atomic mass is 10.4. The molecule has 5 nitrogen and oxygen atoms in total. The van der Waals surface area contributed by atoms with Crippen LogP contribution in [0.3, 0.4) is 0 Å². The fraction of sp³-hybridized carbons (Fsp3) is 0.250. The Labute approximate surface area is 74.5 Å². The van der Waals surface area contributed by atoms with Crippen LogP contribution in [0, 0.1) is 0 Å². The zero-order valence-electron chi connectivity index (χ0n) is 7.10. The second kappa shape index (κ2) is 3.02. The fourth-order valence-corrected chi connectivity index (χ4v) is 0.926. The second-order valence-corrected chi connectivity index (χ2v) is 2.72. The summed E-state index contributed by atoms with van der Waals surface area (Å²) in [5, 5.41) is 3.72. The molecule has 2 aromatic rings. The third kappa shape index (κ3) is 1.46. The fourth-order valence-electron chi connectivity index (χ4n) is 0.926. The van der Waals surface area contributed by atoms with Crippen LogP contribution in [0.2, 0.25) is 0 Å². The van der Waals surface area contributed by atoms with Crippen LogP contribution in [0.1, 0.15) is 18.9 Å². The molecule has 1 atom stereocenters. The molecular weight excluding hydrogens is 170 g/mol. The van der Waals surface area contributed by atoms with E-state index in [9.17, 15) is 0 Å². The Morgan fingerprint density at radius 1 is 1.54 bits per heavy atom. The van der Waals surface area contributed by atoms with Crippen molar-refractivity contribution in [2.45, 2.75) is 13.0 Å². The molecule has 0 saturated heterocycles. The summed E-state index contributed by atoms with van der Waals surface area (Å²) in [4.78, 5) is 4.06. The van der Waals surface area contributed by atoms with Gasteiger partial charge < -0.3 is 14.7 Å². The third-order valence-corrected chi connectivity index (χ3v) is 1.57. The first-order valence-electron chi connectivity index (χ1n) is 3.90. The summed E-state index contributed by atoms with van der Waals surface area (Å²) in [7, 11) is 0. The van der Waals surface area contributed by atoms with Crippen molar-refractivity contribution < 1.29 is 8.94 Å². The Morgan fingerprint density at radius 3 is 2.92 bits per heavy atom. The summed E-state index contributed by atoms with van der Waals surface area (Å²) >= 11 is 0. The standard InChI is InChI=1S/C8H9N3O2/c1-5(9)8-10-7(11-13-8)6-3-2-4-12-6/h2-5H,9H2,1H3/t5-/m1/s1. The van der Waals surface area contributed by atoms with Gasteiger partial charge in [-0.1, -0.05) is 5.16 Å². The molecule has 0 bridgehead atoms. The molecule has 0 amide bonds. The van der Waals surface area contributed by atoms with Crippen LogP contribution in [0.25, 0.3) is 11.6 Å². The Kier molecular flexibility index (Phi) is 1.86. The molecular formula is C8H9N3O2. The SMILES string of the molecule is C[C@@H](N)c1nc(-c2ccco2)no1. The van der Waals surface area contributed by atoms with Gasteiger partial charge in [-0.15, -0.1) is 0 Å². The van der Waals surface area contributed by atoms with E-state index in [1.807, 2.05) is 0 Å². The van der Waals surface area contributed by atoms with Crippen molar-refractivity contribution >= 4 is 0 Å². The van der Waals surface area contributed by atoms with E-state index >= 15 is 0 Å². The zero-order valence-corrected chi connectivity index (χ0v) is 7.10. The van der Waals surface area contributed by atoms with Gasteiger partial charge in [0, 0.05) is 0 Å². The molecule has 5 heteroatoms. The zero-order chi connectivity index (χ0) is 9.26. The Balaban J connectivity index is 2.33. The summed E-state index contributed by atoms with van der Waals surface area (Å²) in [6.07, 6.45) is 1.55. The first-order chi connectivity index (χ1) is 6.27. The predicted octanol–water partition coefficient (Wildman–Crippen LogP) is 1.35. The first-order valence-corrected chi connectivity index (χ1v) is 3.90. The number of rotatable bonds is 2. The van der Waals surface area contributed by atoms with Crippen molar-refractivity contribution in [1.29, 1.82) is 0 Å². The van der Waals surface area contributed by atoms with Crippen LogP contribution in [-0.4, -0.2) is 10.1 Å². The minimum atomic E-state index is -0.254. The maximum atomic E-state index is 5.55. The van der Waals surface area contributed by atoms with Crippen molar-refractivity contribution in [2.75, 3.05) is 0 Å². The summed E-state index contributed by atoms with van der Waals surface area (Å²) in [6, 6.07) is 3.27. The molecule has 2 heterocycles. The maximum Gasteiger partial charge on any atom is 0.243 e. The van der Waals surface area contributed by atoms with Crippen molar-refractivity contribution in [1.82, 2.24) is 10.1 Å². The van der Waals surface area contributed by atoms with Gasteiger partial charge >= 0.3 is 0 Å². The lowest BCUT2D eigenvalue weighted by Gasteiger charge is -1.92. The van der Waals surface area contributed by atoms with E-state index in [1.165, 1.54) is 0 Å². The monoisotopic (exact) mass is 179 g/mol. The minimum Gasteiger partial charge on any atom is -0.461 e. The highest BCUT2D eigenvalue weighted by Crippen LogP contribution is 2.17. The molecule has 2 aromatic heterocycles. The minimum absolute atomic E-state index is 0.254. The van der Waals surface area contributed by atoms with Gasteiger partial charge in [0.15, 0.2) is 5.76 Å². The molecule has 0 aliphatic heterocycles. The summed E-state index contributed by atoms with van der Waals surface area (Å²) in [6.45, 7) is 1.78. The Bertz CT molecular complexity index is 378. The van der Waals surface area contributed by atoms with E-state index in [4.69, 9.17) is 14.7 Å². The normalized spacial score (nSPS) is 13.1. The highest BCUT2D eigenvalue weighted by atomic mass is 16.5. The van der Waals surface area contributed by atoms with E-state index < -0.39 is 0 Å². The van der Waals surface area contributed by atoms with Gasteiger partial charge in [0.25, 0.3) is 0 Å². The van der Waals surface area contributed by atoms with E-state index in [-0.39, 0.29) is 6.04 Å². The second-order valence-electron chi connectivity index (χ2n) is 2.72. The largest absolute Gasteiger partial charge is 0.461 e. The van der Waals surface area contributed by atoms with Gasteiger partial charge in [-0.3, -0.25) is 0 Å². The maximum absolute atomic E-state index is 5.55. The molecule has 0 aliphatic rings. The van der Waals surface area contributed by atoms with Crippen LogP contribution in [0.4, 0.5) is 0 Å². The molecule has 0 fully saturated rings.